The predicted octanol–water partition coefficient (Wildman–Crippen LogP) is 0.946. The molecular weight excluding hydrogens is 250 g/mol. The monoisotopic (exact) mass is 267 g/mol. The SMILES string of the molecule is Cl.c1cnc2nc(CN3CCCNCC3)cn2c1. The van der Waals surface area contributed by atoms with Gasteiger partial charge in [0.25, 0.3) is 0 Å². The molecule has 0 saturated carbocycles. The van der Waals surface area contributed by atoms with Crippen molar-refractivity contribution in [3.63, 3.8) is 0 Å². The van der Waals surface area contributed by atoms with Gasteiger partial charge in [0.2, 0.25) is 5.78 Å². The van der Waals surface area contributed by atoms with Gasteiger partial charge in [0.1, 0.15) is 0 Å². The van der Waals surface area contributed by atoms with Crippen LogP contribution in [0.2, 0.25) is 0 Å². The zero-order chi connectivity index (χ0) is 11.5. The standard InChI is InChI=1S/C12H17N5.ClH/c1-3-13-5-8-16(6-1)9-11-10-17-7-2-4-14-12(17)15-11;/h2,4,7,10,13H,1,3,5-6,8-9H2;1H. The molecule has 0 radical (unpaired) electrons. The molecule has 0 bridgehead atoms. The minimum atomic E-state index is 0. The Kier molecular flexibility index (Phi) is 4.52. The average molecular weight is 268 g/mol. The maximum absolute atomic E-state index is 4.53. The normalized spacial score (nSPS) is 17.3. The molecule has 1 aliphatic rings. The van der Waals surface area contributed by atoms with Crippen molar-refractivity contribution in [1.82, 2.24) is 24.6 Å². The van der Waals surface area contributed by atoms with E-state index in [1.54, 1.807) is 6.20 Å². The van der Waals surface area contributed by atoms with Gasteiger partial charge < -0.3 is 5.32 Å². The fraction of sp³-hybridized carbons (Fsp3) is 0.500. The third-order valence-corrected chi connectivity index (χ3v) is 3.10. The van der Waals surface area contributed by atoms with E-state index in [9.17, 15) is 0 Å². The Morgan fingerprint density at radius 1 is 1.28 bits per heavy atom. The number of rotatable bonds is 2. The van der Waals surface area contributed by atoms with E-state index >= 15 is 0 Å². The van der Waals surface area contributed by atoms with Gasteiger partial charge in [-0.2, -0.15) is 0 Å². The van der Waals surface area contributed by atoms with Crippen molar-refractivity contribution in [3.8, 4) is 0 Å². The lowest BCUT2D eigenvalue weighted by Gasteiger charge is -2.17. The average Bonchev–Trinajstić information content (AvgIpc) is 2.57. The van der Waals surface area contributed by atoms with E-state index < -0.39 is 0 Å². The quantitative estimate of drug-likeness (QED) is 0.880. The van der Waals surface area contributed by atoms with Crippen molar-refractivity contribution >= 4 is 18.2 Å². The smallest absolute Gasteiger partial charge is 0.233 e. The Morgan fingerprint density at radius 2 is 2.22 bits per heavy atom. The van der Waals surface area contributed by atoms with E-state index in [1.807, 2.05) is 16.7 Å². The van der Waals surface area contributed by atoms with E-state index in [2.05, 4.69) is 26.4 Å². The molecule has 0 amide bonds. The number of aromatic nitrogens is 3. The fourth-order valence-corrected chi connectivity index (χ4v) is 2.24. The lowest BCUT2D eigenvalue weighted by molar-refractivity contribution is 0.281. The molecule has 6 heteroatoms. The zero-order valence-electron chi connectivity index (χ0n) is 10.2. The van der Waals surface area contributed by atoms with E-state index in [-0.39, 0.29) is 12.4 Å². The highest BCUT2D eigenvalue weighted by atomic mass is 35.5. The maximum Gasteiger partial charge on any atom is 0.233 e. The number of halogens is 1. The fourth-order valence-electron chi connectivity index (χ4n) is 2.24. The summed E-state index contributed by atoms with van der Waals surface area (Å²) in [5.74, 6) is 0.787. The lowest BCUT2D eigenvalue weighted by Crippen LogP contribution is -2.27. The summed E-state index contributed by atoms with van der Waals surface area (Å²) in [7, 11) is 0. The highest BCUT2D eigenvalue weighted by molar-refractivity contribution is 5.85. The van der Waals surface area contributed by atoms with Gasteiger partial charge >= 0.3 is 0 Å². The summed E-state index contributed by atoms with van der Waals surface area (Å²) in [6.45, 7) is 5.37. The zero-order valence-corrected chi connectivity index (χ0v) is 11.1. The third kappa shape index (κ3) is 2.98. The van der Waals surface area contributed by atoms with Crippen molar-refractivity contribution in [2.45, 2.75) is 13.0 Å². The molecule has 18 heavy (non-hydrogen) atoms. The minimum Gasteiger partial charge on any atom is -0.315 e. The number of hydrogen-bond acceptors (Lipinski definition) is 4. The first-order chi connectivity index (χ1) is 8.42. The first kappa shape index (κ1) is 13.3. The molecular formula is C12H18ClN5. The Labute approximate surface area is 113 Å². The summed E-state index contributed by atoms with van der Waals surface area (Å²) < 4.78 is 1.98. The van der Waals surface area contributed by atoms with Crippen molar-refractivity contribution in [1.29, 1.82) is 0 Å². The van der Waals surface area contributed by atoms with Crippen LogP contribution < -0.4 is 5.32 Å². The summed E-state index contributed by atoms with van der Waals surface area (Å²) in [6, 6.07) is 1.92. The second-order valence-electron chi connectivity index (χ2n) is 4.44. The summed E-state index contributed by atoms with van der Waals surface area (Å²) in [6.07, 6.45) is 7.05. The second kappa shape index (κ2) is 6.13. The van der Waals surface area contributed by atoms with Crippen LogP contribution in [0.25, 0.3) is 5.78 Å². The van der Waals surface area contributed by atoms with Gasteiger partial charge in [0.15, 0.2) is 0 Å². The molecule has 3 rings (SSSR count). The molecule has 0 spiro atoms. The second-order valence-corrected chi connectivity index (χ2v) is 4.44. The van der Waals surface area contributed by atoms with Crippen LogP contribution in [0.15, 0.2) is 24.7 Å². The van der Waals surface area contributed by atoms with Gasteiger partial charge in [-0.1, -0.05) is 0 Å². The summed E-state index contributed by atoms with van der Waals surface area (Å²) in [4.78, 5) is 11.2. The van der Waals surface area contributed by atoms with E-state index in [1.165, 1.54) is 6.42 Å². The largest absolute Gasteiger partial charge is 0.315 e. The van der Waals surface area contributed by atoms with Gasteiger partial charge in [-0.3, -0.25) is 9.30 Å². The van der Waals surface area contributed by atoms with Crippen molar-refractivity contribution in [2.24, 2.45) is 0 Å². The molecule has 0 aromatic carbocycles. The van der Waals surface area contributed by atoms with E-state index in [4.69, 9.17) is 0 Å². The van der Waals surface area contributed by atoms with Gasteiger partial charge in [-0.15, -0.1) is 12.4 Å². The molecule has 1 saturated heterocycles. The molecule has 5 nitrogen and oxygen atoms in total. The summed E-state index contributed by atoms with van der Waals surface area (Å²) >= 11 is 0. The number of fused-ring (bicyclic) bond motifs is 1. The number of imidazole rings is 1. The highest BCUT2D eigenvalue weighted by Crippen LogP contribution is 2.06. The number of nitrogens with zero attached hydrogens (tertiary/aromatic N) is 4. The molecule has 3 heterocycles. The molecule has 1 N–H and O–H groups in total. The number of hydrogen-bond donors (Lipinski definition) is 1. The minimum absolute atomic E-state index is 0. The number of nitrogens with one attached hydrogen (secondary N) is 1. The van der Waals surface area contributed by atoms with Crippen molar-refractivity contribution < 1.29 is 0 Å². The van der Waals surface area contributed by atoms with Gasteiger partial charge in [-0.05, 0) is 25.6 Å². The Hall–Kier alpha value is -1.17. The third-order valence-electron chi connectivity index (χ3n) is 3.10. The molecule has 98 valence electrons. The van der Waals surface area contributed by atoms with Gasteiger partial charge in [0, 0.05) is 38.2 Å². The van der Waals surface area contributed by atoms with Crippen LogP contribution in [0, 0.1) is 0 Å². The van der Waals surface area contributed by atoms with Crippen molar-refractivity contribution in [2.75, 3.05) is 26.2 Å². The first-order valence-electron chi connectivity index (χ1n) is 6.13. The van der Waals surface area contributed by atoms with Crippen LogP contribution in [0.3, 0.4) is 0 Å². The Bertz CT molecular complexity index is 457. The van der Waals surface area contributed by atoms with E-state index in [0.717, 1.165) is 44.2 Å². The molecule has 0 aliphatic carbocycles. The van der Waals surface area contributed by atoms with Crippen LogP contribution in [0.1, 0.15) is 12.1 Å². The van der Waals surface area contributed by atoms with Crippen LogP contribution in [-0.4, -0.2) is 45.4 Å². The lowest BCUT2D eigenvalue weighted by atomic mass is 10.3. The van der Waals surface area contributed by atoms with Gasteiger partial charge in [0.05, 0.1) is 5.69 Å². The molecule has 1 fully saturated rings. The Morgan fingerprint density at radius 3 is 3.11 bits per heavy atom. The summed E-state index contributed by atoms with van der Waals surface area (Å²) in [5.41, 5.74) is 1.10. The first-order valence-corrected chi connectivity index (χ1v) is 6.13. The van der Waals surface area contributed by atoms with Crippen molar-refractivity contribution in [3.05, 3.63) is 30.4 Å². The van der Waals surface area contributed by atoms with Crippen LogP contribution >= 0.6 is 12.4 Å². The maximum atomic E-state index is 4.53. The molecule has 2 aromatic heterocycles. The molecule has 1 aliphatic heterocycles. The van der Waals surface area contributed by atoms with E-state index in [0.29, 0.717) is 0 Å². The van der Waals surface area contributed by atoms with Crippen LogP contribution in [0.4, 0.5) is 0 Å². The van der Waals surface area contributed by atoms with Crippen LogP contribution in [0.5, 0.6) is 0 Å². The topological polar surface area (TPSA) is 45.5 Å². The highest BCUT2D eigenvalue weighted by Gasteiger charge is 2.11. The van der Waals surface area contributed by atoms with Crippen LogP contribution in [-0.2, 0) is 6.54 Å². The predicted molar refractivity (Wildman–Crippen MR) is 73.0 cm³/mol. The molecule has 2 aromatic rings. The molecule has 0 unspecified atom stereocenters. The van der Waals surface area contributed by atoms with Gasteiger partial charge in [-0.25, -0.2) is 9.97 Å². The Balaban J connectivity index is 0.00000120. The summed E-state index contributed by atoms with van der Waals surface area (Å²) in [5, 5.41) is 3.41. The molecule has 0 atom stereocenters.